The predicted octanol–water partition coefficient (Wildman–Crippen LogP) is 5.18. The van der Waals surface area contributed by atoms with E-state index in [1.807, 2.05) is 12.1 Å². The van der Waals surface area contributed by atoms with Crippen molar-refractivity contribution in [1.82, 2.24) is 0 Å². The fraction of sp³-hybridized carbons (Fsp3) is 0.185. The Morgan fingerprint density at radius 3 is 2.46 bits per heavy atom. The third-order valence-corrected chi connectivity index (χ3v) is 6.20. The minimum Gasteiger partial charge on any atom is -0.493 e. The number of halogens is 1. The van der Waals surface area contributed by atoms with Gasteiger partial charge in [-0.15, -0.1) is 0 Å². The van der Waals surface area contributed by atoms with E-state index in [4.69, 9.17) is 33.2 Å². The Hall–Kier alpha value is -4.02. The molecule has 0 saturated carbocycles. The summed E-state index contributed by atoms with van der Waals surface area (Å²) in [5.41, 5.74) is 2.08. The number of rotatable bonds is 6. The average Bonchev–Trinajstić information content (AvgIpc) is 3.21. The molecule has 2 heterocycles. The summed E-state index contributed by atoms with van der Waals surface area (Å²) in [7, 11) is 4.38. The Morgan fingerprint density at radius 2 is 1.76 bits per heavy atom. The maximum Gasteiger partial charge on any atom is 0.343 e. The summed E-state index contributed by atoms with van der Waals surface area (Å²) in [5, 5.41) is 0. The van der Waals surface area contributed by atoms with Gasteiger partial charge in [-0.3, -0.25) is 4.79 Å². The van der Waals surface area contributed by atoms with Gasteiger partial charge in [-0.1, -0.05) is 15.9 Å². The van der Waals surface area contributed by atoms with Crippen LogP contribution in [0, 0.1) is 0 Å². The lowest BCUT2D eigenvalue weighted by Gasteiger charge is -2.20. The van der Waals surface area contributed by atoms with E-state index in [0.29, 0.717) is 40.7 Å². The summed E-state index contributed by atoms with van der Waals surface area (Å²) in [4.78, 5) is 25.9. The quantitative estimate of drug-likeness (QED) is 0.226. The summed E-state index contributed by atoms with van der Waals surface area (Å²) in [6.45, 7) is 0.529. The predicted molar refractivity (Wildman–Crippen MR) is 135 cm³/mol. The van der Waals surface area contributed by atoms with Crippen LogP contribution in [0.1, 0.15) is 31.8 Å². The van der Waals surface area contributed by atoms with Crippen LogP contribution in [0.5, 0.6) is 34.5 Å². The first-order valence-corrected chi connectivity index (χ1v) is 11.8. The molecule has 0 saturated heterocycles. The van der Waals surface area contributed by atoms with E-state index in [1.165, 1.54) is 45.6 Å². The third kappa shape index (κ3) is 4.73. The summed E-state index contributed by atoms with van der Waals surface area (Å²) in [6, 6.07) is 11.3. The molecule has 0 fully saturated rings. The van der Waals surface area contributed by atoms with Crippen LogP contribution in [0.15, 0.2) is 52.7 Å². The van der Waals surface area contributed by atoms with E-state index in [9.17, 15) is 9.59 Å². The first-order valence-electron chi connectivity index (χ1n) is 11.0. The fourth-order valence-corrected chi connectivity index (χ4v) is 4.58. The molecule has 190 valence electrons. The van der Waals surface area contributed by atoms with Crippen molar-refractivity contribution >= 4 is 33.8 Å². The molecule has 0 N–H and O–H groups in total. The summed E-state index contributed by atoms with van der Waals surface area (Å²) in [6.07, 6.45) is 1.62. The number of hydrogen-bond acceptors (Lipinski definition) is 9. The van der Waals surface area contributed by atoms with Crippen LogP contribution < -0.4 is 28.4 Å². The highest BCUT2D eigenvalue weighted by molar-refractivity contribution is 9.10. The highest BCUT2D eigenvalue weighted by atomic mass is 79.9. The lowest BCUT2D eigenvalue weighted by atomic mass is 10.1. The second kappa shape index (κ2) is 10.2. The molecule has 9 nitrogen and oxygen atoms in total. The van der Waals surface area contributed by atoms with Crippen molar-refractivity contribution in [2.24, 2.45) is 0 Å². The molecular formula is C27H21BrO9. The molecular weight excluding hydrogens is 548 g/mol. The number of hydrogen-bond donors (Lipinski definition) is 0. The molecule has 0 radical (unpaired) electrons. The van der Waals surface area contributed by atoms with Crippen molar-refractivity contribution < 1.29 is 42.7 Å². The van der Waals surface area contributed by atoms with Crippen molar-refractivity contribution in [1.29, 1.82) is 0 Å². The van der Waals surface area contributed by atoms with Crippen LogP contribution in [0.4, 0.5) is 0 Å². The second-order valence-corrected chi connectivity index (χ2v) is 8.91. The molecule has 2 aliphatic heterocycles. The lowest BCUT2D eigenvalue weighted by Crippen LogP contribution is -2.12. The second-order valence-electron chi connectivity index (χ2n) is 8.00. The van der Waals surface area contributed by atoms with Gasteiger partial charge in [-0.25, -0.2) is 4.79 Å². The molecule has 37 heavy (non-hydrogen) atoms. The van der Waals surface area contributed by atoms with Crippen LogP contribution in [-0.2, 0) is 11.3 Å². The van der Waals surface area contributed by atoms with Gasteiger partial charge >= 0.3 is 5.97 Å². The van der Waals surface area contributed by atoms with E-state index >= 15 is 0 Å². The maximum absolute atomic E-state index is 13.0. The molecule has 0 unspecified atom stereocenters. The molecule has 5 rings (SSSR count). The first-order chi connectivity index (χ1) is 17.9. The van der Waals surface area contributed by atoms with Crippen LogP contribution in [0.25, 0.3) is 6.08 Å². The molecule has 0 bridgehead atoms. The summed E-state index contributed by atoms with van der Waals surface area (Å²) < 4.78 is 39.1. The van der Waals surface area contributed by atoms with Crippen LogP contribution in [0.3, 0.4) is 0 Å². The molecule has 3 aromatic carbocycles. The van der Waals surface area contributed by atoms with Crippen molar-refractivity contribution in [3.8, 4) is 34.5 Å². The molecule has 0 atom stereocenters. The number of esters is 1. The normalized spacial score (nSPS) is 14.8. The molecule has 3 aromatic rings. The van der Waals surface area contributed by atoms with Gasteiger partial charge in [0.05, 0.1) is 39.1 Å². The van der Waals surface area contributed by atoms with Crippen LogP contribution >= 0.6 is 15.9 Å². The van der Waals surface area contributed by atoms with Crippen molar-refractivity contribution in [2.75, 3.05) is 28.1 Å². The SMILES string of the molecule is COc1cc(C(=O)Oc2ccc3c(c2)O/C(=C\c2cc(Br)cc4c2OCOC4)C3=O)cc(OC)c1OC. The molecule has 2 aliphatic rings. The smallest absolute Gasteiger partial charge is 0.343 e. The standard InChI is InChI=1S/C27H21BrO9/c1-31-22-9-15(10-23(32-2)26(22)33-3)27(30)36-18-4-5-19-20(11-18)37-21(24(19)29)8-14-6-17(28)7-16-12-34-13-35-25(14)16/h4-11H,12-13H2,1-3H3/b21-8-. The van der Waals surface area contributed by atoms with E-state index in [-0.39, 0.29) is 35.4 Å². The van der Waals surface area contributed by atoms with E-state index < -0.39 is 5.97 Å². The number of Topliss-reactive ketones (excluding diaryl/α,β-unsaturated/α-hetero) is 1. The van der Waals surface area contributed by atoms with Crippen LogP contribution in [0.2, 0.25) is 0 Å². The van der Waals surface area contributed by atoms with Gasteiger partial charge in [-0.05, 0) is 42.5 Å². The van der Waals surface area contributed by atoms with Gasteiger partial charge < -0.3 is 33.2 Å². The Balaban J connectivity index is 1.40. The van der Waals surface area contributed by atoms with Gasteiger partial charge in [0.1, 0.15) is 17.2 Å². The summed E-state index contributed by atoms with van der Waals surface area (Å²) >= 11 is 3.47. The highest BCUT2D eigenvalue weighted by Gasteiger charge is 2.29. The molecule has 0 aromatic heterocycles. The molecule has 10 heteroatoms. The Labute approximate surface area is 220 Å². The number of ketones is 1. The summed E-state index contributed by atoms with van der Waals surface area (Å²) in [5.74, 6) is 1.28. The molecule has 0 aliphatic carbocycles. The molecule has 0 spiro atoms. The van der Waals surface area contributed by atoms with Gasteiger partial charge in [0.15, 0.2) is 24.1 Å². The van der Waals surface area contributed by atoms with Gasteiger partial charge in [0.25, 0.3) is 0 Å². The zero-order chi connectivity index (χ0) is 26.1. The van der Waals surface area contributed by atoms with Crippen molar-refractivity contribution in [3.05, 3.63) is 75.0 Å². The average molecular weight is 569 g/mol. The zero-order valence-electron chi connectivity index (χ0n) is 20.1. The Bertz CT molecular complexity index is 1420. The minimum absolute atomic E-state index is 0.124. The van der Waals surface area contributed by atoms with Gasteiger partial charge in [-0.2, -0.15) is 0 Å². The number of carbonyl (C=O) groups excluding carboxylic acids is 2. The zero-order valence-corrected chi connectivity index (χ0v) is 21.7. The van der Waals surface area contributed by atoms with E-state index in [2.05, 4.69) is 15.9 Å². The monoisotopic (exact) mass is 568 g/mol. The number of methoxy groups -OCH3 is 3. The fourth-order valence-electron chi connectivity index (χ4n) is 4.05. The topological polar surface area (TPSA) is 98.8 Å². The van der Waals surface area contributed by atoms with E-state index in [1.54, 1.807) is 12.1 Å². The third-order valence-electron chi connectivity index (χ3n) is 5.74. The first kappa shape index (κ1) is 24.7. The number of carbonyl (C=O) groups is 2. The number of benzene rings is 3. The highest BCUT2D eigenvalue weighted by Crippen LogP contribution is 2.40. The van der Waals surface area contributed by atoms with Gasteiger partial charge in [0, 0.05) is 21.7 Å². The molecule has 0 amide bonds. The largest absolute Gasteiger partial charge is 0.493 e. The number of fused-ring (bicyclic) bond motifs is 2. The van der Waals surface area contributed by atoms with Crippen molar-refractivity contribution in [3.63, 3.8) is 0 Å². The van der Waals surface area contributed by atoms with Gasteiger partial charge in [0.2, 0.25) is 11.5 Å². The maximum atomic E-state index is 13.0. The Morgan fingerprint density at radius 1 is 1.00 bits per heavy atom. The van der Waals surface area contributed by atoms with Crippen molar-refractivity contribution in [2.45, 2.75) is 6.61 Å². The number of ether oxygens (including phenoxy) is 7. The minimum atomic E-state index is -0.653. The lowest BCUT2D eigenvalue weighted by molar-refractivity contribution is -0.0165. The Kier molecular flexibility index (Phi) is 6.77. The number of allylic oxidation sites excluding steroid dienone is 1. The van der Waals surface area contributed by atoms with Crippen LogP contribution in [-0.4, -0.2) is 39.9 Å². The van der Waals surface area contributed by atoms with E-state index in [0.717, 1.165) is 10.0 Å².